The SMILES string of the molecule is CNS(=O)(=O)c1ccc2nc(-c3c[nH]c4ccc(C#N)cc34)n(-c3ccc4c(c3)n(C)c(=O)n4C)c2c1. The fourth-order valence-corrected chi connectivity index (χ4v) is 5.54. The average Bonchev–Trinajstić information content (AvgIpc) is 3.56. The second-order valence-corrected chi connectivity index (χ2v) is 10.7. The van der Waals surface area contributed by atoms with E-state index in [1.807, 2.05) is 35.0 Å². The Hall–Kier alpha value is -4.66. The van der Waals surface area contributed by atoms with E-state index in [4.69, 9.17) is 4.98 Å². The van der Waals surface area contributed by atoms with Crippen LogP contribution in [0.25, 0.3) is 50.0 Å². The highest BCUT2D eigenvalue weighted by Gasteiger charge is 2.21. The zero-order valence-electron chi connectivity index (χ0n) is 20.1. The number of aryl methyl sites for hydroxylation is 2. The van der Waals surface area contributed by atoms with Gasteiger partial charge in [-0.05, 0) is 61.6 Å². The molecule has 0 fully saturated rings. The molecule has 3 heterocycles. The summed E-state index contributed by atoms with van der Waals surface area (Å²) in [6.45, 7) is 0. The highest BCUT2D eigenvalue weighted by atomic mass is 32.2. The van der Waals surface area contributed by atoms with Crippen molar-refractivity contribution >= 4 is 43.0 Å². The molecule has 0 spiro atoms. The molecule has 0 saturated heterocycles. The van der Waals surface area contributed by atoms with E-state index in [-0.39, 0.29) is 10.6 Å². The molecule has 0 bridgehead atoms. The molecule has 11 heteroatoms. The maximum atomic E-state index is 12.6. The summed E-state index contributed by atoms with van der Waals surface area (Å²) in [6, 6.07) is 17.9. The molecule has 0 unspecified atom stereocenters. The third-order valence-corrected chi connectivity index (χ3v) is 8.18. The zero-order chi connectivity index (χ0) is 26.1. The Labute approximate surface area is 211 Å². The minimum Gasteiger partial charge on any atom is -0.360 e. The van der Waals surface area contributed by atoms with E-state index >= 15 is 0 Å². The van der Waals surface area contributed by atoms with Crippen molar-refractivity contribution in [2.45, 2.75) is 4.90 Å². The van der Waals surface area contributed by atoms with Gasteiger partial charge in [-0.25, -0.2) is 22.9 Å². The van der Waals surface area contributed by atoms with Crippen LogP contribution in [0.4, 0.5) is 0 Å². The normalized spacial score (nSPS) is 12.1. The van der Waals surface area contributed by atoms with Gasteiger partial charge in [0.2, 0.25) is 10.0 Å². The summed E-state index contributed by atoms with van der Waals surface area (Å²) in [6.07, 6.45) is 1.82. The van der Waals surface area contributed by atoms with Gasteiger partial charge in [0.25, 0.3) is 0 Å². The number of rotatable bonds is 4. The van der Waals surface area contributed by atoms with Gasteiger partial charge in [0.15, 0.2) is 0 Å². The number of sulfonamides is 1. The van der Waals surface area contributed by atoms with Gasteiger partial charge in [0.05, 0.1) is 38.6 Å². The van der Waals surface area contributed by atoms with Crippen LogP contribution in [0.5, 0.6) is 0 Å². The van der Waals surface area contributed by atoms with Gasteiger partial charge in [-0.3, -0.25) is 13.7 Å². The third kappa shape index (κ3) is 3.31. The Morgan fingerprint density at radius 2 is 1.76 bits per heavy atom. The average molecular weight is 512 g/mol. The first-order valence-corrected chi connectivity index (χ1v) is 12.9. The summed E-state index contributed by atoms with van der Waals surface area (Å²) in [5, 5.41) is 10.3. The fourth-order valence-electron chi connectivity index (χ4n) is 4.79. The predicted molar refractivity (Wildman–Crippen MR) is 141 cm³/mol. The Bertz CT molecular complexity index is 2100. The number of nitrogens with one attached hydrogen (secondary N) is 2. The molecular formula is C26H21N7O3S. The quantitative estimate of drug-likeness (QED) is 0.376. The second kappa shape index (κ2) is 7.92. The van der Waals surface area contributed by atoms with Crippen molar-refractivity contribution in [3.05, 3.63) is 76.8 Å². The minimum absolute atomic E-state index is 0.106. The zero-order valence-corrected chi connectivity index (χ0v) is 21.0. The van der Waals surface area contributed by atoms with Crippen molar-refractivity contribution in [2.75, 3.05) is 7.05 Å². The molecule has 184 valence electrons. The van der Waals surface area contributed by atoms with E-state index in [0.29, 0.717) is 28.1 Å². The Morgan fingerprint density at radius 3 is 2.51 bits per heavy atom. The van der Waals surface area contributed by atoms with Crippen LogP contribution in [-0.2, 0) is 24.1 Å². The monoisotopic (exact) mass is 511 g/mol. The Morgan fingerprint density at radius 1 is 0.973 bits per heavy atom. The van der Waals surface area contributed by atoms with E-state index in [1.54, 1.807) is 47.5 Å². The number of benzene rings is 3. The van der Waals surface area contributed by atoms with Gasteiger partial charge in [-0.2, -0.15) is 5.26 Å². The van der Waals surface area contributed by atoms with Crippen LogP contribution in [0.1, 0.15) is 5.56 Å². The highest BCUT2D eigenvalue weighted by Crippen LogP contribution is 2.35. The smallest absolute Gasteiger partial charge is 0.328 e. The summed E-state index contributed by atoms with van der Waals surface area (Å²) in [5.41, 5.74) is 5.33. The van der Waals surface area contributed by atoms with Gasteiger partial charge in [0.1, 0.15) is 5.82 Å². The third-order valence-electron chi connectivity index (χ3n) is 6.77. The molecule has 0 atom stereocenters. The van der Waals surface area contributed by atoms with Gasteiger partial charge in [0, 0.05) is 42.4 Å². The first-order valence-electron chi connectivity index (χ1n) is 11.4. The van der Waals surface area contributed by atoms with Crippen LogP contribution >= 0.6 is 0 Å². The van der Waals surface area contributed by atoms with E-state index in [0.717, 1.165) is 27.5 Å². The molecule has 10 nitrogen and oxygen atoms in total. The predicted octanol–water partition coefficient (Wildman–Crippen LogP) is 3.14. The molecule has 3 aromatic carbocycles. The Kier molecular flexibility index (Phi) is 4.88. The number of H-pyrrole nitrogens is 1. The van der Waals surface area contributed by atoms with Gasteiger partial charge < -0.3 is 4.98 Å². The summed E-state index contributed by atoms with van der Waals surface area (Å²) >= 11 is 0. The molecule has 0 aliphatic carbocycles. The first-order chi connectivity index (χ1) is 17.7. The molecule has 2 N–H and O–H groups in total. The largest absolute Gasteiger partial charge is 0.360 e. The van der Waals surface area contributed by atoms with Crippen molar-refractivity contribution in [2.24, 2.45) is 14.1 Å². The molecule has 0 amide bonds. The van der Waals surface area contributed by atoms with Crippen molar-refractivity contribution in [3.63, 3.8) is 0 Å². The first kappa shape index (κ1) is 22.8. The molecule has 0 aliphatic rings. The number of aromatic amines is 1. The van der Waals surface area contributed by atoms with Crippen LogP contribution in [0.15, 0.2) is 70.5 Å². The van der Waals surface area contributed by atoms with Crippen molar-refractivity contribution < 1.29 is 8.42 Å². The molecule has 0 aliphatic heterocycles. The van der Waals surface area contributed by atoms with Gasteiger partial charge in [-0.15, -0.1) is 0 Å². The number of imidazole rings is 2. The molecule has 6 aromatic rings. The van der Waals surface area contributed by atoms with Crippen LogP contribution in [0.3, 0.4) is 0 Å². The lowest BCUT2D eigenvalue weighted by Gasteiger charge is -2.11. The lowest BCUT2D eigenvalue weighted by Crippen LogP contribution is -2.19. The number of nitriles is 1. The van der Waals surface area contributed by atoms with E-state index in [1.165, 1.54) is 13.1 Å². The number of nitrogens with zero attached hydrogens (tertiary/aromatic N) is 5. The molecule has 3 aromatic heterocycles. The highest BCUT2D eigenvalue weighted by molar-refractivity contribution is 7.89. The molecule has 0 radical (unpaired) electrons. The summed E-state index contributed by atoms with van der Waals surface area (Å²) in [4.78, 5) is 20.8. The van der Waals surface area contributed by atoms with E-state index < -0.39 is 10.0 Å². The van der Waals surface area contributed by atoms with Crippen LogP contribution < -0.4 is 10.4 Å². The minimum atomic E-state index is -3.70. The van der Waals surface area contributed by atoms with Gasteiger partial charge >= 0.3 is 5.69 Å². The van der Waals surface area contributed by atoms with Crippen molar-refractivity contribution in [1.29, 1.82) is 5.26 Å². The van der Waals surface area contributed by atoms with Crippen LogP contribution in [0, 0.1) is 11.3 Å². The number of hydrogen-bond donors (Lipinski definition) is 2. The summed E-state index contributed by atoms with van der Waals surface area (Å²) in [7, 11) is 1.09. The molecule has 37 heavy (non-hydrogen) atoms. The molecule has 0 saturated carbocycles. The summed E-state index contributed by atoms with van der Waals surface area (Å²) in [5.74, 6) is 0.565. The van der Waals surface area contributed by atoms with Crippen LogP contribution in [-0.4, -0.2) is 39.1 Å². The van der Waals surface area contributed by atoms with Crippen molar-refractivity contribution in [1.82, 2.24) is 28.4 Å². The lowest BCUT2D eigenvalue weighted by molar-refractivity contribution is 0.588. The molecule has 6 rings (SSSR count). The number of aromatic nitrogens is 5. The van der Waals surface area contributed by atoms with E-state index in [9.17, 15) is 18.5 Å². The topological polar surface area (TPSA) is 130 Å². The van der Waals surface area contributed by atoms with Crippen molar-refractivity contribution in [3.8, 4) is 23.1 Å². The number of hydrogen-bond acceptors (Lipinski definition) is 5. The standard InChI is InChI=1S/C26H21N7O3S/c1-28-37(35,36)17-6-8-21-23(12-17)33(16-5-9-22-24(11-16)32(3)26(34)31(22)2)25(30-21)19-14-29-20-7-4-15(13-27)10-18(19)20/h4-12,14,28-29H,1-3H3. The van der Waals surface area contributed by atoms with E-state index in [2.05, 4.69) is 15.8 Å². The maximum Gasteiger partial charge on any atom is 0.328 e. The Balaban J connectivity index is 1.72. The van der Waals surface area contributed by atoms with Gasteiger partial charge in [-0.1, -0.05) is 0 Å². The second-order valence-electron chi connectivity index (χ2n) is 8.78. The molecular weight excluding hydrogens is 490 g/mol. The summed E-state index contributed by atoms with van der Waals surface area (Å²) < 4.78 is 32.6. The maximum absolute atomic E-state index is 12.6. The number of fused-ring (bicyclic) bond motifs is 3. The van der Waals surface area contributed by atoms with Crippen LogP contribution in [0.2, 0.25) is 0 Å². The lowest BCUT2D eigenvalue weighted by atomic mass is 10.1. The fraction of sp³-hybridized carbons (Fsp3) is 0.115.